The molecule has 0 unspecified atom stereocenters. The molecular weight excluding hydrogens is 287 g/mol. The molecule has 1 heterocycles. The van der Waals surface area contributed by atoms with E-state index in [4.69, 9.17) is 29.0 Å². The van der Waals surface area contributed by atoms with E-state index in [9.17, 15) is 4.79 Å². The average molecular weight is 297 g/mol. The number of rotatable bonds is 3. The van der Waals surface area contributed by atoms with Crippen molar-refractivity contribution in [2.45, 2.75) is 0 Å². The molecule has 5 nitrogen and oxygen atoms in total. The van der Waals surface area contributed by atoms with E-state index in [1.54, 1.807) is 30.3 Å². The van der Waals surface area contributed by atoms with Crippen molar-refractivity contribution < 1.29 is 4.79 Å². The highest BCUT2D eigenvalue weighted by Crippen LogP contribution is 2.23. The van der Waals surface area contributed by atoms with E-state index in [-0.39, 0.29) is 11.7 Å². The SMILES string of the molecule is NNc1ncccc1C(=O)Nc1cc(Cl)cc(Cl)c1. The molecule has 1 aromatic heterocycles. The molecule has 4 N–H and O–H groups in total. The Labute approximate surface area is 119 Å². The van der Waals surface area contributed by atoms with Crippen molar-refractivity contribution in [3.63, 3.8) is 0 Å². The molecule has 0 saturated carbocycles. The lowest BCUT2D eigenvalue weighted by Gasteiger charge is -2.09. The number of carbonyl (C=O) groups excluding carboxylic acids is 1. The van der Waals surface area contributed by atoms with Crippen molar-refractivity contribution in [3.8, 4) is 0 Å². The monoisotopic (exact) mass is 296 g/mol. The van der Waals surface area contributed by atoms with E-state index >= 15 is 0 Å². The van der Waals surface area contributed by atoms with Crippen LogP contribution in [0.3, 0.4) is 0 Å². The Hall–Kier alpha value is -1.82. The van der Waals surface area contributed by atoms with Crippen LogP contribution in [0.2, 0.25) is 10.0 Å². The highest BCUT2D eigenvalue weighted by molar-refractivity contribution is 6.35. The summed E-state index contributed by atoms with van der Waals surface area (Å²) in [6.45, 7) is 0. The average Bonchev–Trinajstić information content (AvgIpc) is 2.37. The fourth-order valence-corrected chi connectivity index (χ4v) is 2.05. The normalized spacial score (nSPS) is 10.1. The van der Waals surface area contributed by atoms with Gasteiger partial charge in [-0.3, -0.25) is 4.79 Å². The molecule has 0 aliphatic heterocycles. The zero-order valence-electron chi connectivity index (χ0n) is 9.65. The summed E-state index contributed by atoms with van der Waals surface area (Å²) < 4.78 is 0. The highest BCUT2D eigenvalue weighted by Gasteiger charge is 2.12. The lowest BCUT2D eigenvalue weighted by Crippen LogP contribution is -2.18. The van der Waals surface area contributed by atoms with Gasteiger partial charge in [-0.25, -0.2) is 10.8 Å². The first-order valence-corrected chi connectivity index (χ1v) is 6.05. The Bertz CT molecular complexity index is 598. The van der Waals surface area contributed by atoms with Crippen LogP contribution in [0.1, 0.15) is 10.4 Å². The summed E-state index contributed by atoms with van der Waals surface area (Å²) in [6, 6.07) is 8.01. The number of aromatic nitrogens is 1. The van der Waals surface area contributed by atoms with Gasteiger partial charge in [-0.15, -0.1) is 0 Å². The first-order valence-electron chi connectivity index (χ1n) is 5.29. The lowest BCUT2D eigenvalue weighted by molar-refractivity contribution is 0.102. The quantitative estimate of drug-likeness (QED) is 0.601. The molecule has 0 radical (unpaired) electrons. The third-order valence-electron chi connectivity index (χ3n) is 2.31. The van der Waals surface area contributed by atoms with Crippen LogP contribution in [0.15, 0.2) is 36.5 Å². The fraction of sp³-hybridized carbons (Fsp3) is 0. The number of benzene rings is 1. The molecule has 7 heteroatoms. The number of hydrogen-bond acceptors (Lipinski definition) is 4. The van der Waals surface area contributed by atoms with Gasteiger partial charge in [0.1, 0.15) is 0 Å². The van der Waals surface area contributed by atoms with E-state index < -0.39 is 0 Å². The summed E-state index contributed by atoms with van der Waals surface area (Å²) in [5, 5.41) is 3.54. The van der Waals surface area contributed by atoms with Crippen LogP contribution in [0, 0.1) is 0 Å². The second kappa shape index (κ2) is 5.88. The Balaban J connectivity index is 2.25. The zero-order chi connectivity index (χ0) is 13.8. The van der Waals surface area contributed by atoms with Gasteiger partial charge >= 0.3 is 0 Å². The molecule has 0 atom stereocenters. The first-order chi connectivity index (χ1) is 9.10. The van der Waals surface area contributed by atoms with Gasteiger partial charge < -0.3 is 10.7 Å². The molecule has 0 aliphatic carbocycles. The summed E-state index contributed by atoms with van der Waals surface area (Å²) in [7, 11) is 0. The number of amides is 1. The van der Waals surface area contributed by atoms with Crippen molar-refractivity contribution in [2.75, 3.05) is 10.7 Å². The van der Waals surface area contributed by atoms with Gasteiger partial charge in [0.2, 0.25) is 0 Å². The van der Waals surface area contributed by atoms with Crippen LogP contribution in [0.5, 0.6) is 0 Å². The molecular formula is C12H10Cl2N4O. The Kier molecular flexibility index (Phi) is 4.21. The largest absolute Gasteiger partial charge is 0.322 e. The smallest absolute Gasteiger partial charge is 0.259 e. The predicted octanol–water partition coefficient (Wildman–Crippen LogP) is 2.93. The maximum absolute atomic E-state index is 12.1. The van der Waals surface area contributed by atoms with Crippen molar-refractivity contribution in [1.82, 2.24) is 4.98 Å². The van der Waals surface area contributed by atoms with Crippen LogP contribution < -0.4 is 16.6 Å². The van der Waals surface area contributed by atoms with Crippen LogP contribution >= 0.6 is 23.2 Å². The fourth-order valence-electron chi connectivity index (χ4n) is 1.53. The number of pyridine rings is 1. The van der Waals surface area contributed by atoms with Gasteiger partial charge in [0, 0.05) is 21.9 Å². The van der Waals surface area contributed by atoms with Gasteiger partial charge in [-0.1, -0.05) is 23.2 Å². The van der Waals surface area contributed by atoms with Gasteiger partial charge in [-0.05, 0) is 30.3 Å². The molecule has 1 aromatic carbocycles. The first kappa shape index (κ1) is 13.6. The van der Waals surface area contributed by atoms with Crippen LogP contribution in [0.25, 0.3) is 0 Å². The summed E-state index contributed by atoms with van der Waals surface area (Å²) in [5.74, 6) is 5.22. The van der Waals surface area contributed by atoms with Crippen molar-refractivity contribution in [3.05, 3.63) is 52.1 Å². The molecule has 19 heavy (non-hydrogen) atoms. The topological polar surface area (TPSA) is 80.0 Å². The predicted molar refractivity (Wildman–Crippen MR) is 76.5 cm³/mol. The van der Waals surface area contributed by atoms with Crippen molar-refractivity contribution in [1.29, 1.82) is 0 Å². The minimum Gasteiger partial charge on any atom is -0.322 e. The number of halogens is 2. The molecule has 2 aromatic rings. The maximum atomic E-state index is 12.1. The molecule has 0 fully saturated rings. The number of hydrogen-bond donors (Lipinski definition) is 3. The van der Waals surface area contributed by atoms with Crippen LogP contribution in [0.4, 0.5) is 11.5 Å². The van der Waals surface area contributed by atoms with Crippen molar-refractivity contribution in [2.24, 2.45) is 5.84 Å². The number of nitrogens with one attached hydrogen (secondary N) is 2. The third kappa shape index (κ3) is 3.35. The number of carbonyl (C=O) groups is 1. The summed E-state index contributed by atoms with van der Waals surface area (Å²) in [6.07, 6.45) is 1.53. The number of nitrogen functional groups attached to an aromatic ring is 1. The minimum atomic E-state index is -0.362. The number of anilines is 2. The lowest BCUT2D eigenvalue weighted by atomic mass is 10.2. The molecule has 0 saturated heterocycles. The Morgan fingerprint density at radius 3 is 2.53 bits per heavy atom. The summed E-state index contributed by atoms with van der Waals surface area (Å²) >= 11 is 11.7. The molecule has 0 aliphatic rings. The second-order valence-electron chi connectivity index (χ2n) is 3.66. The number of nitrogens with zero attached hydrogens (tertiary/aromatic N) is 1. The highest BCUT2D eigenvalue weighted by atomic mass is 35.5. The molecule has 2 rings (SSSR count). The molecule has 1 amide bonds. The summed E-state index contributed by atoms with van der Waals surface area (Å²) in [4.78, 5) is 16.0. The molecule has 0 spiro atoms. The van der Waals surface area contributed by atoms with Gasteiger partial charge in [0.05, 0.1) is 5.56 Å². The molecule has 0 bridgehead atoms. The summed E-state index contributed by atoms with van der Waals surface area (Å²) in [5.41, 5.74) is 3.18. The third-order valence-corrected chi connectivity index (χ3v) is 2.75. The minimum absolute atomic E-state index is 0.285. The zero-order valence-corrected chi connectivity index (χ0v) is 11.2. The van der Waals surface area contributed by atoms with Gasteiger partial charge in [-0.2, -0.15) is 0 Å². The Morgan fingerprint density at radius 1 is 1.21 bits per heavy atom. The van der Waals surface area contributed by atoms with Crippen LogP contribution in [-0.2, 0) is 0 Å². The van der Waals surface area contributed by atoms with Gasteiger partial charge in [0.25, 0.3) is 5.91 Å². The van der Waals surface area contributed by atoms with Gasteiger partial charge in [0.15, 0.2) is 5.82 Å². The van der Waals surface area contributed by atoms with E-state index in [2.05, 4.69) is 15.7 Å². The maximum Gasteiger partial charge on any atom is 0.259 e. The Morgan fingerprint density at radius 2 is 1.89 bits per heavy atom. The van der Waals surface area contributed by atoms with E-state index in [0.717, 1.165) is 0 Å². The van der Waals surface area contributed by atoms with E-state index in [1.165, 1.54) is 6.20 Å². The molecule has 98 valence electrons. The number of hydrazine groups is 1. The van der Waals surface area contributed by atoms with E-state index in [0.29, 0.717) is 21.3 Å². The van der Waals surface area contributed by atoms with Crippen molar-refractivity contribution >= 4 is 40.6 Å². The standard InChI is InChI=1S/C12H10Cl2N4O/c13-7-4-8(14)6-9(5-7)17-12(19)10-2-1-3-16-11(10)18-15/h1-6H,15H2,(H,16,18)(H,17,19). The second-order valence-corrected chi connectivity index (χ2v) is 4.53. The van der Waals surface area contributed by atoms with Crippen LogP contribution in [-0.4, -0.2) is 10.9 Å². The number of nitrogens with two attached hydrogens (primary N) is 1. The van der Waals surface area contributed by atoms with E-state index in [1.807, 2.05) is 0 Å².